The SMILES string of the molecule is [B]C1/C=C\CCCCC1. The highest BCUT2D eigenvalue weighted by Crippen LogP contribution is 2.17. The van der Waals surface area contributed by atoms with Crippen molar-refractivity contribution in [3.63, 3.8) is 0 Å². The quantitative estimate of drug-likeness (QED) is 0.340. The van der Waals surface area contributed by atoms with Crippen LogP contribution in [-0.4, -0.2) is 7.85 Å². The second kappa shape index (κ2) is 3.76. The van der Waals surface area contributed by atoms with E-state index in [1.54, 1.807) is 0 Å². The van der Waals surface area contributed by atoms with Crippen molar-refractivity contribution in [1.29, 1.82) is 0 Å². The van der Waals surface area contributed by atoms with E-state index in [1.807, 2.05) is 0 Å². The van der Waals surface area contributed by atoms with Crippen LogP contribution < -0.4 is 0 Å². The fraction of sp³-hybridized carbons (Fsp3) is 0.750. The monoisotopic (exact) mass is 120 g/mol. The molecule has 0 fully saturated rings. The predicted molar refractivity (Wildman–Crippen MR) is 41.7 cm³/mol. The van der Waals surface area contributed by atoms with E-state index in [1.165, 1.54) is 32.1 Å². The molecule has 0 spiro atoms. The molecule has 1 atom stereocenters. The van der Waals surface area contributed by atoms with E-state index < -0.39 is 0 Å². The third kappa shape index (κ3) is 2.74. The van der Waals surface area contributed by atoms with Gasteiger partial charge in [0.25, 0.3) is 0 Å². The lowest BCUT2D eigenvalue weighted by molar-refractivity contribution is 0.637. The fourth-order valence-corrected chi connectivity index (χ4v) is 1.19. The van der Waals surface area contributed by atoms with Crippen molar-refractivity contribution < 1.29 is 0 Å². The molecule has 0 bridgehead atoms. The molecule has 0 aromatic rings. The van der Waals surface area contributed by atoms with Gasteiger partial charge in [0.2, 0.25) is 0 Å². The van der Waals surface area contributed by atoms with Crippen LogP contribution in [0.4, 0.5) is 0 Å². The highest BCUT2D eigenvalue weighted by molar-refractivity contribution is 6.12. The second-order valence-electron chi connectivity index (χ2n) is 2.73. The Bertz CT molecular complexity index is 96.7. The summed E-state index contributed by atoms with van der Waals surface area (Å²) in [5, 5.41) is 0. The summed E-state index contributed by atoms with van der Waals surface area (Å²) in [5.41, 5.74) is 0. The maximum absolute atomic E-state index is 5.72. The summed E-state index contributed by atoms with van der Waals surface area (Å²) in [6.45, 7) is 0. The van der Waals surface area contributed by atoms with Crippen LogP contribution in [0.25, 0.3) is 0 Å². The molecule has 0 aromatic heterocycles. The second-order valence-corrected chi connectivity index (χ2v) is 2.73. The van der Waals surface area contributed by atoms with Crippen molar-refractivity contribution >= 4 is 7.85 Å². The lowest BCUT2D eigenvalue weighted by Gasteiger charge is -2.08. The molecule has 1 unspecified atom stereocenters. The lowest BCUT2D eigenvalue weighted by atomic mass is 9.81. The Kier molecular flexibility index (Phi) is 2.89. The van der Waals surface area contributed by atoms with Crippen molar-refractivity contribution in [2.24, 2.45) is 0 Å². The van der Waals surface area contributed by atoms with E-state index in [9.17, 15) is 0 Å². The van der Waals surface area contributed by atoms with Crippen LogP contribution in [-0.2, 0) is 0 Å². The molecule has 0 saturated carbocycles. The van der Waals surface area contributed by atoms with Gasteiger partial charge in [0, 0.05) is 0 Å². The van der Waals surface area contributed by atoms with Crippen LogP contribution in [0.2, 0.25) is 5.82 Å². The first-order valence-electron chi connectivity index (χ1n) is 3.82. The Morgan fingerprint density at radius 2 is 2.11 bits per heavy atom. The first-order valence-corrected chi connectivity index (χ1v) is 3.82. The Balaban J connectivity index is 2.30. The molecule has 1 aliphatic rings. The number of rotatable bonds is 0. The van der Waals surface area contributed by atoms with Gasteiger partial charge in [0.15, 0.2) is 0 Å². The van der Waals surface area contributed by atoms with Crippen molar-refractivity contribution in [2.45, 2.75) is 37.9 Å². The third-order valence-corrected chi connectivity index (χ3v) is 1.79. The Morgan fingerprint density at radius 1 is 1.22 bits per heavy atom. The minimum atomic E-state index is 0.338. The molecule has 0 aliphatic heterocycles. The van der Waals surface area contributed by atoms with E-state index in [-0.39, 0.29) is 0 Å². The van der Waals surface area contributed by atoms with Gasteiger partial charge in [-0.15, -0.1) is 0 Å². The summed E-state index contributed by atoms with van der Waals surface area (Å²) >= 11 is 0. The van der Waals surface area contributed by atoms with Gasteiger partial charge in [-0.2, -0.15) is 0 Å². The lowest BCUT2D eigenvalue weighted by Crippen LogP contribution is -1.90. The minimum Gasteiger partial charge on any atom is -0.0941 e. The van der Waals surface area contributed by atoms with E-state index in [4.69, 9.17) is 7.85 Å². The summed E-state index contributed by atoms with van der Waals surface area (Å²) in [7, 11) is 5.72. The van der Waals surface area contributed by atoms with Gasteiger partial charge in [-0.1, -0.05) is 37.2 Å². The number of hydrogen-bond donors (Lipinski definition) is 0. The van der Waals surface area contributed by atoms with Crippen LogP contribution in [0.1, 0.15) is 32.1 Å². The maximum atomic E-state index is 5.72. The number of allylic oxidation sites excluding steroid dienone is 2. The zero-order chi connectivity index (χ0) is 6.53. The summed E-state index contributed by atoms with van der Waals surface area (Å²) in [6, 6.07) is 0. The molecule has 0 heterocycles. The Labute approximate surface area is 58.8 Å². The van der Waals surface area contributed by atoms with Crippen molar-refractivity contribution in [3.8, 4) is 0 Å². The molecule has 1 aliphatic carbocycles. The highest BCUT2D eigenvalue weighted by Gasteiger charge is 1.98. The maximum Gasteiger partial charge on any atom is 0.0755 e. The Hall–Kier alpha value is -0.195. The molecule has 48 valence electrons. The van der Waals surface area contributed by atoms with Crippen molar-refractivity contribution in [1.82, 2.24) is 0 Å². The van der Waals surface area contributed by atoms with Crippen LogP contribution in [0.5, 0.6) is 0 Å². The molecule has 0 saturated heterocycles. The first kappa shape index (κ1) is 6.92. The van der Waals surface area contributed by atoms with Gasteiger partial charge in [0.1, 0.15) is 0 Å². The average molecular weight is 120 g/mol. The summed E-state index contributed by atoms with van der Waals surface area (Å²) < 4.78 is 0. The van der Waals surface area contributed by atoms with Crippen molar-refractivity contribution in [2.75, 3.05) is 0 Å². The molecule has 0 aromatic carbocycles. The topological polar surface area (TPSA) is 0 Å². The van der Waals surface area contributed by atoms with Gasteiger partial charge in [-0.05, 0) is 12.8 Å². The fourth-order valence-electron chi connectivity index (χ4n) is 1.19. The van der Waals surface area contributed by atoms with Gasteiger partial charge >= 0.3 is 0 Å². The molecule has 1 heteroatoms. The van der Waals surface area contributed by atoms with Crippen LogP contribution >= 0.6 is 0 Å². The standard InChI is InChI=1S/C8H13B/c9-8-6-4-2-1-3-5-7-8/h4,6,8H,1-3,5,7H2/b6-4-. The Morgan fingerprint density at radius 3 is 3.00 bits per heavy atom. The van der Waals surface area contributed by atoms with Gasteiger partial charge < -0.3 is 0 Å². The van der Waals surface area contributed by atoms with Gasteiger partial charge in [-0.3, -0.25) is 0 Å². The van der Waals surface area contributed by atoms with Crippen molar-refractivity contribution in [3.05, 3.63) is 12.2 Å². The zero-order valence-electron chi connectivity index (χ0n) is 5.84. The van der Waals surface area contributed by atoms with E-state index in [0.717, 1.165) is 0 Å². The largest absolute Gasteiger partial charge is 0.0941 e. The molecule has 1 rings (SSSR count). The molecule has 9 heavy (non-hydrogen) atoms. The first-order chi connectivity index (χ1) is 4.39. The van der Waals surface area contributed by atoms with Crippen LogP contribution in [0.15, 0.2) is 12.2 Å². The van der Waals surface area contributed by atoms with Crippen LogP contribution in [0.3, 0.4) is 0 Å². The normalized spacial score (nSPS) is 32.7. The van der Waals surface area contributed by atoms with E-state index in [0.29, 0.717) is 5.82 Å². The molecule has 0 nitrogen and oxygen atoms in total. The minimum absolute atomic E-state index is 0.338. The van der Waals surface area contributed by atoms with E-state index >= 15 is 0 Å². The average Bonchev–Trinajstić information content (AvgIpc) is 1.79. The summed E-state index contributed by atoms with van der Waals surface area (Å²) in [4.78, 5) is 0. The molecule has 0 N–H and O–H groups in total. The molecular weight excluding hydrogens is 107 g/mol. The molecular formula is C8H13B. The predicted octanol–water partition coefficient (Wildman–Crippen LogP) is 2.46. The van der Waals surface area contributed by atoms with Gasteiger partial charge in [0.05, 0.1) is 7.85 Å². The highest BCUT2D eigenvalue weighted by atomic mass is 14.0. The number of hydrogen-bond acceptors (Lipinski definition) is 0. The molecule has 2 radical (unpaired) electrons. The zero-order valence-corrected chi connectivity index (χ0v) is 5.84. The smallest absolute Gasteiger partial charge is 0.0755 e. The van der Waals surface area contributed by atoms with Crippen LogP contribution in [0, 0.1) is 0 Å². The third-order valence-electron chi connectivity index (χ3n) is 1.79. The summed E-state index contributed by atoms with van der Waals surface area (Å²) in [5.74, 6) is 0.338. The molecule has 0 amide bonds. The van der Waals surface area contributed by atoms with Gasteiger partial charge in [-0.25, -0.2) is 0 Å². The summed E-state index contributed by atoms with van der Waals surface area (Å²) in [6.07, 6.45) is 10.8. The van der Waals surface area contributed by atoms with E-state index in [2.05, 4.69) is 12.2 Å².